The van der Waals surface area contributed by atoms with E-state index in [1.165, 1.54) is 0 Å². The van der Waals surface area contributed by atoms with Crippen molar-refractivity contribution < 1.29 is 9.05 Å². The normalized spacial score (nSPS) is 17.1. The second-order valence-electron chi connectivity index (χ2n) is 3.36. The first-order valence-electron chi connectivity index (χ1n) is 5.00. The minimum atomic E-state index is -1.60. The summed E-state index contributed by atoms with van der Waals surface area (Å²) in [5.74, 6) is 1.61. The largest absolute Gasteiger partial charge is 0.432 e. The van der Waals surface area contributed by atoms with E-state index >= 15 is 0 Å². The van der Waals surface area contributed by atoms with Crippen LogP contribution in [0.4, 0.5) is 5.69 Å². The molecule has 0 N–H and O–H groups in total. The summed E-state index contributed by atoms with van der Waals surface area (Å²) in [7, 11) is -1.60. The molecule has 0 aliphatic carbocycles. The van der Waals surface area contributed by atoms with Crippen LogP contribution in [0.1, 0.15) is 0 Å². The Hall–Kier alpha value is -1.73. The van der Waals surface area contributed by atoms with Crippen LogP contribution in [0.25, 0.3) is 0 Å². The molecule has 2 aromatic rings. The Bertz CT molecular complexity index is 540. The van der Waals surface area contributed by atoms with Gasteiger partial charge in [-0.05, 0) is 24.3 Å². The third-order valence-corrected chi connectivity index (χ3v) is 3.45. The Kier molecular flexibility index (Phi) is 2.39. The molecule has 0 saturated carbocycles. The van der Waals surface area contributed by atoms with Gasteiger partial charge in [0, 0.05) is 0 Å². The molecule has 0 bridgehead atoms. The fourth-order valence-corrected chi connectivity index (χ4v) is 2.70. The molecule has 1 aliphatic heterocycles. The van der Waals surface area contributed by atoms with Crippen molar-refractivity contribution in [1.29, 1.82) is 0 Å². The second-order valence-corrected chi connectivity index (χ2v) is 4.53. The Labute approximate surface area is 94.3 Å². The van der Waals surface area contributed by atoms with Gasteiger partial charge in [-0.2, -0.15) is 4.74 Å². The number of hydrogen-bond donors (Lipinski definition) is 0. The summed E-state index contributed by atoms with van der Waals surface area (Å²) >= 11 is 0. The predicted octanol–water partition coefficient (Wildman–Crippen LogP) is 4.02. The fourth-order valence-electron chi connectivity index (χ4n) is 1.48. The summed E-state index contributed by atoms with van der Waals surface area (Å²) in [4.78, 5) is 0. The highest BCUT2D eigenvalue weighted by Crippen LogP contribution is 2.47. The van der Waals surface area contributed by atoms with Gasteiger partial charge in [0.2, 0.25) is 0 Å². The number of benzene rings is 2. The monoisotopic (exact) mass is 231 g/mol. The van der Waals surface area contributed by atoms with Crippen LogP contribution in [-0.2, 0) is 0 Å². The maximum atomic E-state index is 5.67. The van der Waals surface area contributed by atoms with E-state index in [-0.39, 0.29) is 0 Å². The topological polar surface area (TPSA) is 30.8 Å². The van der Waals surface area contributed by atoms with E-state index < -0.39 is 8.17 Å². The van der Waals surface area contributed by atoms with Crippen LogP contribution in [0.2, 0.25) is 0 Å². The van der Waals surface area contributed by atoms with Crippen LogP contribution >= 0.6 is 8.17 Å². The highest BCUT2D eigenvalue weighted by molar-refractivity contribution is 7.37. The molecule has 1 heterocycles. The lowest BCUT2D eigenvalue weighted by molar-refractivity contribution is 0.514. The third kappa shape index (κ3) is 1.82. The summed E-state index contributed by atoms with van der Waals surface area (Å²) < 4.78 is 15.7. The molecular formula is C12H10NO2P. The molecule has 0 spiro atoms. The lowest BCUT2D eigenvalue weighted by Crippen LogP contribution is -1.84. The third-order valence-electron chi connectivity index (χ3n) is 2.22. The first-order valence-corrected chi connectivity index (χ1v) is 6.27. The van der Waals surface area contributed by atoms with E-state index in [2.05, 4.69) is 4.74 Å². The van der Waals surface area contributed by atoms with Crippen LogP contribution in [-0.4, -0.2) is 0 Å². The summed E-state index contributed by atoms with van der Waals surface area (Å²) in [5, 5.41) is 0. The molecule has 0 amide bonds. The lowest BCUT2D eigenvalue weighted by Gasteiger charge is -2.06. The molecule has 2 aromatic carbocycles. The quantitative estimate of drug-likeness (QED) is 0.731. The van der Waals surface area contributed by atoms with Gasteiger partial charge in [-0.3, -0.25) is 0 Å². The van der Waals surface area contributed by atoms with Crippen LogP contribution < -0.4 is 9.05 Å². The van der Waals surface area contributed by atoms with Gasteiger partial charge < -0.3 is 9.05 Å². The van der Waals surface area contributed by atoms with Crippen LogP contribution in [0.5, 0.6) is 11.5 Å². The van der Waals surface area contributed by atoms with Gasteiger partial charge in [-0.15, -0.1) is 0 Å². The molecule has 0 radical (unpaired) electrons. The van der Waals surface area contributed by atoms with Gasteiger partial charge >= 0.3 is 8.17 Å². The molecule has 0 saturated heterocycles. The minimum absolute atomic E-state index is 0.799. The zero-order valence-electron chi connectivity index (χ0n) is 8.46. The number of rotatable bonds is 2. The first-order chi connectivity index (χ1) is 7.92. The molecule has 3 rings (SSSR count). The van der Waals surface area contributed by atoms with Gasteiger partial charge in [-0.1, -0.05) is 30.3 Å². The van der Waals surface area contributed by atoms with Gasteiger partial charge in [0.05, 0.1) is 0 Å². The van der Waals surface area contributed by atoms with Gasteiger partial charge in [0.1, 0.15) is 11.4 Å². The van der Waals surface area contributed by atoms with Gasteiger partial charge in [0.25, 0.3) is 0 Å². The number of nitrogens with zero attached hydrogens (tertiary/aromatic N) is 1. The molecule has 16 heavy (non-hydrogen) atoms. The van der Waals surface area contributed by atoms with Crippen LogP contribution in [0.3, 0.4) is 0 Å². The smallest absolute Gasteiger partial charge is 0.307 e. The van der Waals surface area contributed by atoms with E-state index in [0.717, 1.165) is 17.2 Å². The first kappa shape index (κ1) is 9.49. The molecule has 1 unspecified atom stereocenters. The second kappa shape index (κ2) is 4.03. The average Bonchev–Trinajstić information content (AvgIpc) is 2.72. The van der Waals surface area contributed by atoms with Crippen molar-refractivity contribution in [3.8, 4) is 11.5 Å². The molecule has 0 aromatic heterocycles. The van der Waals surface area contributed by atoms with Crippen molar-refractivity contribution >= 4 is 13.9 Å². The van der Waals surface area contributed by atoms with Crippen molar-refractivity contribution in [2.75, 3.05) is 0 Å². The van der Waals surface area contributed by atoms with E-state index in [1.54, 1.807) is 0 Å². The zero-order chi connectivity index (χ0) is 10.8. The number of para-hydroxylation sites is 3. The fraction of sp³-hybridized carbons (Fsp3) is 0. The molecule has 80 valence electrons. The maximum Gasteiger partial charge on any atom is 0.307 e. The lowest BCUT2D eigenvalue weighted by atomic mass is 10.3. The molecule has 4 heteroatoms. The summed E-state index contributed by atoms with van der Waals surface area (Å²) in [6, 6.07) is 17.3. The predicted molar refractivity (Wildman–Crippen MR) is 64.5 cm³/mol. The van der Waals surface area contributed by atoms with Crippen molar-refractivity contribution in [2.45, 2.75) is 0 Å². The minimum Gasteiger partial charge on any atom is -0.432 e. The van der Waals surface area contributed by atoms with Crippen LogP contribution in [0.15, 0.2) is 59.3 Å². The molecule has 0 fully saturated rings. The molecule has 1 atom stereocenters. The number of fused-ring (bicyclic) bond motifs is 1. The Morgan fingerprint density at radius 3 is 2.50 bits per heavy atom. The summed E-state index contributed by atoms with van der Waals surface area (Å²) in [6.45, 7) is 0. The molecule has 1 aliphatic rings. The standard InChI is InChI=1S/C12H10NO2P/c1-2-6-10(7-3-1)14-16-13-11-8-4-5-9-12(11)15-16/h1-9,16H. The van der Waals surface area contributed by atoms with E-state index in [0.29, 0.717) is 0 Å². The SMILES string of the molecule is c1ccc(O[PH]2=Nc3ccccc3O2)cc1. The Morgan fingerprint density at radius 1 is 0.938 bits per heavy atom. The Balaban J connectivity index is 1.81. The van der Waals surface area contributed by atoms with E-state index in [4.69, 9.17) is 9.05 Å². The summed E-state index contributed by atoms with van der Waals surface area (Å²) in [5.41, 5.74) is 0.882. The average molecular weight is 231 g/mol. The van der Waals surface area contributed by atoms with Crippen molar-refractivity contribution in [3.05, 3.63) is 54.6 Å². The molecular weight excluding hydrogens is 221 g/mol. The Morgan fingerprint density at radius 2 is 1.69 bits per heavy atom. The summed E-state index contributed by atoms with van der Waals surface area (Å²) in [6.07, 6.45) is 0. The van der Waals surface area contributed by atoms with Crippen molar-refractivity contribution in [2.24, 2.45) is 4.74 Å². The van der Waals surface area contributed by atoms with Crippen LogP contribution in [0, 0.1) is 0 Å². The molecule has 3 nitrogen and oxygen atoms in total. The highest BCUT2D eigenvalue weighted by atomic mass is 31.1. The van der Waals surface area contributed by atoms with E-state index in [9.17, 15) is 0 Å². The van der Waals surface area contributed by atoms with Gasteiger partial charge in [0.15, 0.2) is 5.75 Å². The maximum absolute atomic E-state index is 5.67. The number of hydrogen-bond acceptors (Lipinski definition) is 3. The van der Waals surface area contributed by atoms with Crippen molar-refractivity contribution in [3.63, 3.8) is 0 Å². The highest BCUT2D eigenvalue weighted by Gasteiger charge is 2.14. The van der Waals surface area contributed by atoms with E-state index in [1.807, 2.05) is 54.6 Å². The van der Waals surface area contributed by atoms with Gasteiger partial charge in [-0.25, -0.2) is 0 Å². The van der Waals surface area contributed by atoms with Crippen molar-refractivity contribution in [1.82, 2.24) is 0 Å². The zero-order valence-corrected chi connectivity index (χ0v) is 9.46.